The number of halogens is 1. The van der Waals surface area contributed by atoms with Crippen LogP contribution in [0.5, 0.6) is 11.5 Å². The van der Waals surface area contributed by atoms with Crippen molar-refractivity contribution in [2.75, 3.05) is 12.0 Å². The van der Waals surface area contributed by atoms with E-state index in [1.54, 1.807) is 42.5 Å². The van der Waals surface area contributed by atoms with Crippen molar-refractivity contribution in [2.45, 2.75) is 13.3 Å². The molecule has 0 saturated carbocycles. The number of benzene rings is 3. The Morgan fingerprint density at radius 2 is 1.74 bits per heavy atom. The third kappa shape index (κ3) is 6.20. The highest BCUT2D eigenvalue weighted by atomic mass is 35.5. The van der Waals surface area contributed by atoms with Crippen LogP contribution in [0.25, 0.3) is 0 Å². The SMILES string of the molecule is COc1cc(/C=N\NC(=O)CC(=O)N(C(=O)c2ccc(Cl)cc2)c2ccc(C)cc2)ccc1O. The monoisotopic (exact) mass is 479 g/mol. The molecule has 0 saturated heterocycles. The first kappa shape index (κ1) is 24.5. The van der Waals surface area contributed by atoms with E-state index in [4.69, 9.17) is 16.3 Å². The van der Waals surface area contributed by atoms with Crippen LogP contribution in [0.15, 0.2) is 71.8 Å². The summed E-state index contributed by atoms with van der Waals surface area (Å²) in [6, 6.07) is 17.4. The molecular formula is C25H22ClN3O5. The number of carbonyl (C=O) groups is 3. The van der Waals surface area contributed by atoms with Gasteiger partial charge in [-0.1, -0.05) is 29.3 Å². The van der Waals surface area contributed by atoms with E-state index in [9.17, 15) is 19.5 Å². The molecule has 8 nitrogen and oxygen atoms in total. The van der Waals surface area contributed by atoms with Crippen LogP contribution < -0.4 is 15.1 Å². The number of nitrogens with zero attached hydrogens (tertiary/aromatic N) is 2. The molecule has 0 unspecified atom stereocenters. The normalized spacial score (nSPS) is 10.7. The van der Waals surface area contributed by atoms with Crippen molar-refractivity contribution in [1.82, 2.24) is 5.43 Å². The second-order valence-corrected chi connectivity index (χ2v) is 7.71. The fourth-order valence-electron chi connectivity index (χ4n) is 3.00. The molecule has 3 rings (SSSR count). The predicted molar refractivity (Wildman–Crippen MR) is 129 cm³/mol. The van der Waals surface area contributed by atoms with Crippen LogP contribution in [0.4, 0.5) is 5.69 Å². The molecule has 2 N–H and O–H groups in total. The van der Waals surface area contributed by atoms with Crippen molar-refractivity contribution < 1.29 is 24.2 Å². The van der Waals surface area contributed by atoms with Crippen LogP contribution in [-0.4, -0.2) is 36.2 Å². The first-order valence-corrected chi connectivity index (χ1v) is 10.5. The summed E-state index contributed by atoms with van der Waals surface area (Å²) in [6.07, 6.45) is 0.727. The summed E-state index contributed by atoms with van der Waals surface area (Å²) in [5.41, 5.74) is 4.36. The zero-order valence-electron chi connectivity index (χ0n) is 18.5. The molecule has 0 fully saturated rings. The molecule has 3 aromatic carbocycles. The number of amides is 3. The number of phenols is 1. The molecule has 3 amide bonds. The smallest absolute Gasteiger partial charge is 0.265 e. The number of hydrazone groups is 1. The molecule has 9 heteroatoms. The van der Waals surface area contributed by atoms with Crippen LogP contribution in [0.3, 0.4) is 0 Å². The number of ether oxygens (including phenoxy) is 1. The van der Waals surface area contributed by atoms with E-state index in [0.717, 1.165) is 10.5 Å². The van der Waals surface area contributed by atoms with Crippen molar-refractivity contribution in [3.05, 3.63) is 88.4 Å². The highest BCUT2D eigenvalue weighted by molar-refractivity contribution is 6.31. The highest BCUT2D eigenvalue weighted by Crippen LogP contribution is 2.25. The minimum absolute atomic E-state index is 0.0316. The summed E-state index contributed by atoms with van der Waals surface area (Å²) < 4.78 is 5.02. The molecule has 0 atom stereocenters. The van der Waals surface area contributed by atoms with E-state index in [1.165, 1.54) is 37.6 Å². The maximum atomic E-state index is 13.1. The van der Waals surface area contributed by atoms with Gasteiger partial charge in [-0.05, 0) is 67.1 Å². The van der Waals surface area contributed by atoms with E-state index >= 15 is 0 Å². The van der Waals surface area contributed by atoms with Crippen LogP contribution in [0.2, 0.25) is 5.02 Å². The van der Waals surface area contributed by atoms with Gasteiger partial charge in [0.1, 0.15) is 6.42 Å². The zero-order valence-corrected chi connectivity index (χ0v) is 19.2. The maximum Gasteiger partial charge on any atom is 0.265 e. The van der Waals surface area contributed by atoms with Gasteiger partial charge in [-0.2, -0.15) is 5.10 Å². The molecule has 0 bridgehead atoms. The minimum Gasteiger partial charge on any atom is -0.504 e. The third-order valence-electron chi connectivity index (χ3n) is 4.75. The molecule has 0 radical (unpaired) electrons. The number of rotatable bonds is 7. The van der Waals surface area contributed by atoms with Gasteiger partial charge in [-0.15, -0.1) is 0 Å². The number of carbonyl (C=O) groups excluding carboxylic acids is 3. The van der Waals surface area contributed by atoms with Crippen molar-refractivity contribution in [3.8, 4) is 11.5 Å². The fourth-order valence-corrected chi connectivity index (χ4v) is 3.13. The van der Waals surface area contributed by atoms with E-state index in [2.05, 4.69) is 10.5 Å². The van der Waals surface area contributed by atoms with E-state index in [-0.39, 0.29) is 17.1 Å². The van der Waals surface area contributed by atoms with Crippen molar-refractivity contribution in [1.29, 1.82) is 0 Å². The molecule has 0 spiro atoms. The number of aryl methyl sites for hydroxylation is 1. The zero-order chi connectivity index (χ0) is 24.7. The number of nitrogens with one attached hydrogen (secondary N) is 1. The number of hydrogen-bond donors (Lipinski definition) is 2. The second kappa shape index (κ2) is 11.1. The van der Waals surface area contributed by atoms with Gasteiger partial charge in [-0.25, -0.2) is 10.3 Å². The Morgan fingerprint density at radius 3 is 2.38 bits per heavy atom. The van der Waals surface area contributed by atoms with E-state index in [0.29, 0.717) is 16.3 Å². The van der Waals surface area contributed by atoms with E-state index in [1.807, 2.05) is 6.92 Å². The van der Waals surface area contributed by atoms with Gasteiger partial charge in [0.25, 0.3) is 5.91 Å². The molecule has 0 aliphatic carbocycles. The summed E-state index contributed by atoms with van der Waals surface area (Å²) >= 11 is 5.90. The summed E-state index contributed by atoms with van der Waals surface area (Å²) in [4.78, 5) is 39.4. The summed E-state index contributed by atoms with van der Waals surface area (Å²) in [5.74, 6) is -1.79. The largest absolute Gasteiger partial charge is 0.504 e. The van der Waals surface area contributed by atoms with Gasteiger partial charge in [0.05, 0.1) is 19.0 Å². The number of hydrogen-bond acceptors (Lipinski definition) is 6. The second-order valence-electron chi connectivity index (χ2n) is 7.28. The highest BCUT2D eigenvalue weighted by Gasteiger charge is 2.26. The Labute approximate surface area is 201 Å². The maximum absolute atomic E-state index is 13.1. The van der Waals surface area contributed by atoms with Gasteiger partial charge in [0.15, 0.2) is 11.5 Å². The first-order chi connectivity index (χ1) is 16.3. The van der Waals surface area contributed by atoms with Crippen LogP contribution in [0.1, 0.15) is 27.9 Å². The Bertz CT molecular complexity index is 1220. The molecule has 34 heavy (non-hydrogen) atoms. The standard InChI is InChI=1S/C25H22ClN3O5/c1-16-3-10-20(11-4-16)29(25(33)18-6-8-19(26)9-7-18)24(32)14-23(31)28-27-15-17-5-12-21(30)22(13-17)34-2/h3-13,15,30H,14H2,1-2H3,(H,28,31)/b27-15-. The topological polar surface area (TPSA) is 108 Å². The van der Waals surface area contributed by atoms with E-state index < -0.39 is 24.1 Å². The first-order valence-electron chi connectivity index (χ1n) is 10.2. The molecule has 0 aliphatic rings. The van der Waals surface area contributed by atoms with Crippen molar-refractivity contribution in [3.63, 3.8) is 0 Å². The Kier molecular flexibility index (Phi) is 8.00. The van der Waals surface area contributed by atoms with Gasteiger partial charge >= 0.3 is 0 Å². The molecular weight excluding hydrogens is 458 g/mol. The number of imide groups is 1. The number of methoxy groups -OCH3 is 1. The molecule has 0 heterocycles. The fraction of sp³-hybridized carbons (Fsp3) is 0.120. The minimum atomic E-state index is -0.720. The lowest BCUT2D eigenvalue weighted by Crippen LogP contribution is -2.39. The lowest BCUT2D eigenvalue weighted by Gasteiger charge is -2.21. The number of anilines is 1. The van der Waals surface area contributed by atoms with Crippen LogP contribution >= 0.6 is 11.6 Å². The average molecular weight is 480 g/mol. The molecule has 0 aromatic heterocycles. The van der Waals surface area contributed by atoms with Gasteiger partial charge < -0.3 is 9.84 Å². The summed E-state index contributed by atoms with van der Waals surface area (Å²) in [5, 5.41) is 13.9. The molecule has 0 aliphatic heterocycles. The Balaban J connectivity index is 1.74. The predicted octanol–water partition coefficient (Wildman–Crippen LogP) is 4.08. The van der Waals surface area contributed by atoms with Gasteiger partial charge in [-0.3, -0.25) is 14.4 Å². The average Bonchev–Trinajstić information content (AvgIpc) is 2.82. The summed E-state index contributed by atoms with van der Waals surface area (Å²) in [6.45, 7) is 1.88. The number of phenolic OH excluding ortho intramolecular Hbond substituents is 1. The molecule has 174 valence electrons. The summed E-state index contributed by atoms with van der Waals surface area (Å²) in [7, 11) is 1.41. The Hall–Kier alpha value is -4.17. The van der Waals surface area contributed by atoms with Crippen molar-refractivity contribution in [2.24, 2.45) is 5.10 Å². The van der Waals surface area contributed by atoms with Crippen LogP contribution in [-0.2, 0) is 9.59 Å². The van der Waals surface area contributed by atoms with Gasteiger partial charge in [0, 0.05) is 10.6 Å². The van der Waals surface area contributed by atoms with Gasteiger partial charge in [0.2, 0.25) is 11.8 Å². The third-order valence-corrected chi connectivity index (χ3v) is 5.01. The quantitative estimate of drug-likeness (QED) is 0.301. The molecule has 3 aromatic rings. The Morgan fingerprint density at radius 1 is 1.06 bits per heavy atom. The van der Waals surface area contributed by atoms with Crippen LogP contribution in [0, 0.1) is 6.92 Å². The van der Waals surface area contributed by atoms with Crippen molar-refractivity contribution >= 4 is 41.2 Å². The lowest BCUT2D eigenvalue weighted by atomic mass is 10.1. The number of aromatic hydroxyl groups is 1. The lowest BCUT2D eigenvalue weighted by molar-refractivity contribution is -0.127.